The number of hydrogen-bond donors (Lipinski definition) is 3. The number of aliphatic hydroxyl groups is 1. The van der Waals surface area contributed by atoms with E-state index in [4.69, 9.17) is 0 Å². The molecule has 102 valence electrons. The molecular weight excluding hydrogens is 248 g/mol. The highest BCUT2D eigenvalue weighted by atomic mass is 35.5. The second-order valence-electron chi connectivity index (χ2n) is 4.77. The van der Waals surface area contributed by atoms with E-state index in [1.165, 1.54) is 18.4 Å². The second-order valence-corrected chi connectivity index (χ2v) is 4.77. The van der Waals surface area contributed by atoms with Crippen LogP contribution in [0.3, 0.4) is 0 Å². The molecular formula is C14H23ClN2O. The molecule has 1 heterocycles. The lowest BCUT2D eigenvalue weighted by Gasteiger charge is -2.25. The maximum atomic E-state index is 9.43. The highest BCUT2D eigenvalue weighted by molar-refractivity contribution is 5.85. The van der Waals surface area contributed by atoms with Gasteiger partial charge in [0, 0.05) is 0 Å². The lowest BCUT2D eigenvalue weighted by molar-refractivity contribution is 0.233. The van der Waals surface area contributed by atoms with Crippen molar-refractivity contribution in [2.24, 2.45) is 5.92 Å². The zero-order valence-electron chi connectivity index (χ0n) is 10.6. The summed E-state index contributed by atoms with van der Waals surface area (Å²) in [6, 6.07) is 10.2. The Bertz CT molecular complexity index is 315. The molecule has 1 aromatic rings. The van der Waals surface area contributed by atoms with Crippen molar-refractivity contribution in [2.75, 3.05) is 26.2 Å². The van der Waals surface area contributed by atoms with Crippen molar-refractivity contribution in [3.05, 3.63) is 35.9 Å². The van der Waals surface area contributed by atoms with Crippen LogP contribution < -0.4 is 10.6 Å². The van der Waals surface area contributed by atoms with Crippen LogP contribution in [-0.4, -0.2) is 31.3 Å². The van der Waals surface area contributed by atoms with E-state index in [0.717, 1.165) is 19.6 Å². The fraction of sp³-hybridized carbons (Fsp3) is 0.571. The number of rotatable bonds is 5. The van der Waals surface area contributed by atoms with Crippen LogP contribution in [0.5, 0.6) is 0 Å². The zero-order chi connectivity index (χ0) is 11.9. The third kappa shape index (κ3) is 4.58. The van der Waals surface area contributed by atoms with Gasteiger partial charge in [0.05, 0.1) is 12.6 Å². The molecule has 2 atom stereocenters. The molecule has 1 fully saturated rings. The predicted octanol–water partition coefficient (Wildman–Crippen LogP) is 1.73. The van der Waals surface area contributed by atoms with E-state index in [0.29, 0.717) is 5.92 Å². The number of aliphatic hydroxyl groups excluding tert-OH is 1. The van der Waals surface area contributed by atoms with Gasteiger partial charge in [-0.05, 0) is 44.0 Å². The quantitative estimate of drug-likeness (QED) is 0.764. The molecule has 0 radical (unpaired) electrons. The molecule has 0 spiro atoms. The average molecular weight is 271 g/mol. The molecule has 0 saturated carbocycles. The molecule has 4 heteroatoms. The molecule has 1 aliphatic heterocycles. The maximum Gasteiger partial charge on any atom is 0.0626 e. The summed E-state index contributed by atoms with van der Waals surface area (Å²) in [4.78, 5) is 0. The molecule has 0 amide bonds. The average Bonchev–Trinajstić information content (AvgIpc) is 2.42. The maximum absolute atomic E-state index is 9.43. The lowest BCUT2D eigenvalue weighted by atomic mass is 9.98. The highest BCUT2D eigenvalue weighted by Gasteiger charge is 2.15. The van der Waals surface area contributed by atoms with Gasteiger partial charge >= 0.3 is 0 Å². The van der Waals surface area contributed by atoms with E-state index < -0.39 is 0 Å². The molecule has 18 heavy (non-hydrogen) atoms. The standard InChI is InChI=1S/C14H22N2O.ClH/c17-11-14(13-6-2-1-3-7-13)16-10-12-5-4-8-15-9-12;/h1-3,6-7,12,14-17H,4-5,8-11H2;1H. The van der Waals surface area contributed by atoms with Gasteiger partial charge in [0.15, 0.2) is 0 Å². The van der Waals surface area contributed by atoms with E-state index in [1.807, 2.05) is 18.2 Å². The summed E-state index contributed by atoms with van der Waals surface area (Å²) >= 11 is 0. The van der Waals surface area contributed by atoms with Gasteiger partial charge in [-0.25, -0.2) is 0 Å². The number of piperidine rings is 1. The Balaban J connectivity index is 0.00000162. The van der Waals surface area contributed by atoms with Crippen LogP contribution >= 0.6 is 12.4 Å². The van der Waals surface area contributed by atoms with Gasteiger partial charge in [-0.2, -0.15) is 0 Å². The molecule has 3 nitrogen and oxygen atoms in total. The Labute approximate surface area is 115 Å². The molecule has 0 aromatic heterocycles. The van der Waals surface area contributed by atoms with Gasteiger partial charge in [0.25, 0.3) is 0 Å². The van der Waals surface area contributed by atoms with Crippen LogP contribution in [0.25, 0.3) is 0 Å². The van der Waals surface area contributed by atoms with E-state index in [2.05, 4.69) is 22.8 Å². The first-order chi connectivity index (χ1) is 8.40. The smallest absolute Gasteiger partial charge is 0.0626 e. The van der Waals surface area contributed by atoms with Crippen LogP contribution in [0.4, 0.5) is 0 Å². The molecule has 0 bridgehead atoms. The lowest BCUT2D eigenvalue weighted by Crippen LogP contribution is -2.38. The van der Waals surface area contributed by atoms with Crippen molar-refractivity contribution >= 4 is 12.4 Å². The number of benzene rings is 1. The largest absolute Gasteiger partial charge is 0.394 e. The van der Waals surface area contributed by atoms with Crippen molar-refractivity contribution in [1.29, 1.82) is 0 Å². The Kier molecular flexibility index (Phi) is 7.28. The third-order valence-electron chi connectivity index (χ3n) is 3.44. The Morgan fingerprint density at radius 3 is 2.72 bits per heavy atom. The van der Waals surface area contributed by atoms with Crippen molar-refractivity contribution in [3.8, 4) is 0 Å². The number of halogens is 1. The SMILES string of the molecule is Cl.OCC(NCC1CCCNC1)c1ccccc1. The van der Waals surface area contributed by atoms with Crippen LogP contribution in [0.2, 0.25) is 0 Å². The summed E-state index contributed by atoms with van der Waals surface area (Å²) in [6.07, 6.45) is 2.55. The zero-order valence-corrected chi connectivity index (χ0v) is 11.5. The minimum atomic E-state index is 0. The molecule has 3 N–H and O–H groups in total. The van der Waals surface area contributed by atoms with E-state index >= 15 is 0 Å². The predicted molar refractivity (Wildman–Crippen MR) is 77.1 cm³/mol. The summed E-state index contributed by atoms with van der Waals surface area (Å²) in [5.74, 6) is 0.696. The minimum absolute atomic E-state index is 0. The summed E-state index contributed by atoms with van der Waals surface area (Å²) in [6.45, 7) is 3.38. The third-order valence-corrected chi connectivity index (χ3v) is 3.44. The molecule has 1 aromatic carbocycles. The first-order valence-electron chi connectivity index (χ1n) is 6.50. The van der Waals surface area contributed by atoms with Crippen LogP contribution in [0.1, 0.15) is 24.4 Å². The summed E-state index contributed by atoms with van der Waals surface area (Å²) in [7, 11) is 0. The Hall–Kier alpha value is -0.610. The topological polar surface area (TPSA) is 44.3 Å². The van der Waals surface area contributed by atoms with Crippen LogP contribution in [0, 0.1) is 5.92 Å². The Morgan fingerprint density at radius 2 is 2.11 bits per heavy atom. The molecule has 0 aliphatic carbocycles. The summed E-state index contributed by atoms with van der Waals surface area (Å²) < 4.78 is 0. The fourth-order valence-electron chi connectivity index (χ4n) is 2.38. The monoisotopic (exact) mass is 270 g/mol. The summed E-state index contributed by atoms with van der Waals surface area (Å²) in [5.41, 5.74) is 1.17. The molecule has 2 unspecified atom stereocenters. The first kappa shape index (κ1) is 15.4. The number of hydrogen-bond acceptors (Lipinski definition) is 3. The normalized spacial score (nSPS) is 21.1. The summed E-state index contributed by atoms with van der Waals surface area (Å²) in [5, 5.41) is 16.3. The van der Waals surface area contributed by atoms with Crippen molar-refractivity contribution in [3.63, 3.8) is 0 Å². The van der Waals surface area contributed by atoms with E-state index in [1.54, 1.807) is 0 Å². The van der Waals surface area contributed by atoms with Crippen molar-refractivity contribution in [1.82, 2.24) is 10.6 Å². The van der Waals surface area contributed by atoms with Crippen molar-refractivity contribution in [2.45, 2.75) is 18.9 Å². The van der Waals surface area contributed by atoms with Gasteiger partial charge in [-0.15, -0.1) is 12.4 Å². The highest BCUT2D eigenvalue weighted by Crippen LogP contribution is 2.14. The van der Waals surface area contributed by atoms with Crippen LogP contribution in [-0.2, 0) is 0 Å². The van der Waals surface area contributed by atoms with Gasteiger partial charge in [0.2, 0.25) is 0 Å². The van der Waals surface area contributed by atoms with Gasteiger partial charge in [-0.1, -0.05) is 30.3 Å². The van der Waals surface area contributed by atoms with Gasteiger partial charge in [-0.3, -0.25) is 0 Å². The Morgan fingerprint density at radius 1 is 1.33 bits per heavy atom. The second kappa shape index (κ2) is 8.48. The first-order valence-corrected chi connectivity index (χ1v) is 6.50. The van der Waals surface area contributed by atoms with Gasteiger partial charge in [0.1, 0.15) is 0 Å². The molecule has 2 rings (SSSR count). The molecule has 1 aliphatic rings. The van der Waals surface area contributed by atoms with Gasteiger partial charge < -0.3 is 15.7 Å². The van der Waals surface area contributed by atoms with E-state index in [9.17, 15) is 5.11 Å². The van der Waals surface area contributed by atoms with Crippen LogP contribution in [0.15, 0.2) is 30.3 Å². The number of nitrogens with one attached hydrogen (secondary N) is 2. The molecule has 1 saturated heterocycles. The fourth-order valence-corrected chi connectivity index (χ4v) is 2.38. The van der Waals surface area contributed by atoms with E-state index in [-0.39, 0.29) is 25.1 Å². The van der Waals surface area contributed by atoms with Crippen molar-refractivity contribution < 1.29 is 5.11 Å². The minimum Gasteiger partial charge on any atom is -0.394 e.